The van der Waals surface area contributed by atoms with Crippen LogP contribution in [-0.4, -0.2) is 46.3 Å². The fourth-order valence-electron chi connectivity index (χ4n) is 3.30. The zero-order chi connectivity index (χ0) is 20.1. The number of nitrogens with zero attached hydrogens (tertiary/aromatic N) is 4. The Bertz CT molecular complexity index is 858. The highest BCUT2D eigenvalue weighted by Gasteiger charge is 2.25. The molecule has 0 atom stereocenters. The number of hydrogen-bond acceptors (Lipinski definition) is 5. The van der Waals surface area contributed by atoms with E-state index in [-0.39, 0.29) is 17.8 Å². The molecular formula is C20H22ClN5O2. The summed E-state index contributed by atoms with van der Waals surface area (Å²) in [4.78, 5) is 34.9. The first-order valence-corrected chi connectivity index (χ1v) is 9.46. The van der Waals surface area contributed by atoms with Crippen molar-refractivity contribution < 1.29 is 9.59 Å². The van der Waals surface area contributed by atoms with Gasteiger partial charge in [0.15, 0.2) is 0 Å². The Hall–Kier alpha value is -2.93. The molecule has 0 saturated carbocycles. The second kappa shape index (κ2) is 8.84. The molecule has 28 heavy (non-hydrogen) atoms. The standard InChI is InChI=1S/C16H18N2O2.C4H4ClN3/c1-2-15(19)18-10-7-12-11-13(5-6-14(12)18)16(20)17-8-3-4-9-17;5-3-1-7-4(6)8-2-3/h2,5-6,11H,1,3-4,7-10H2;1-2H,(H2,6,7,8). The van der Waals surface area contributed by atoms with Crippen molar-refractivity contribution in [3.05, 3.63) is 59.4 Å². The third-order valence-electron chi connectivity index (χ3n) is 4.70. The summed E-state index contributed by atoms with van der Waals surface area (Å²) < 4.78 is 0. The number of nitrogen functional groups attached to an aromatic ring is 1. The van der Waals surface area contributed by atoms with E-state index in [0.29, 0.717) is 11.6 Å². The lowest BCUT2D eigenvalue weighted by Crippen LogP contribution is -2.28. The minimum atomic E-state index is -0.0811. The highest BCUT2D eigenvalue weighted by atomic mass is 35.5. The molecule has 2 N–H and O–H groups in total. The van der Waals surface area contributed by atoms with Crippen molar-refractivity contribution in [1.82, 2.24) is 14.9 Å². The Kier molecular flexibility index (Phi) is 6.26. The smallest absolute Gasteiger partial charge is 0.253 e. The van der Waals surface area contributed by atoms with Crippen LogP contribution in [-0.2, 0) is 11.2 Å². The third kappa shape index (κ3) is 4.48. The van der Waals surface area contributed by atoms with Crippen molar-refractivity contribution in [2.24, 2.45) is 0 Å². The molecule has 2 amide bonds. The quantitative estimate of drug-likeness (QED) is 0.784. The van der Waals surface area contributed by atoms with E-state index in [9.17, 15) is 9.59 Å². The SMILES string of the molecule is C=CC(=O)N1CCc2cc(C(=O)N3CCCC3)ccc21.Nc1ncc(Cl)cn1. The Labute approximate surface area is 168 Å². The fraction of sp³-hybridized carbons (Fsp3) is 0.300. The van der Waals surface area contributed by atoms with Gasteiger partial charge in [0.1, 0.15) is 0 Å². The Balaban J connectivity index is 0.000000236. The Morgan fingerprint density at radius 1 is 1.14 bits per heavy atom. The van der Waals surface area contributed by atoms with Crippen LogP contribution in [0.2, 0.25) is 5.02 Å². The number of likely N-dealkylation sites (tertiary alicyclic amines) is 1. The molecule has 2 aliphatic heterocycles. The number of benzene rings is 1. The van der Waals surface area contributed by atoms with E-state index in [1.807, 2.05) is 23.1 Å². The number of rotatable bonds is 2. The summed E-state index contributed by atoms with van der Waals surface area (Å²) in [5.74, 6) is 0.274. The number of amides is 2. The number of halogens is 1. The van der Waals surface area contributed by atoms with Gasteiger partial charge in [0.2, 0.25) is 11.9 Å². The van der Waals surface area contributed by atoms with Crippen LogP contribution in [0.1, 0.15) is 28.8 Å². The van der Waals surface area contributed by atoms with Crippen LogP contribution in [0.25, 0.3) is 0 Å². The van der Waals surface area contributed by atoms with Gasteiger partial charge in [0, 0.05) is 30.9 Å². The maximum atomic E-state index is 12.3. The van der Waals surface area contributed by atoms with Crippen molar-refractivity contribution in [3.63, 3.8) is 0 Å². The molecule has 4 rings (SSSR count). The van der Waals surface area contributed by atoms with Crippen molar-refractivity contribution in [3.8, 4) is 0 Å². The van der Waals surface area contributed by atoms with Gasteiger partial charge >= 0.3 is 0 Å². The molecule has 1 aromatic heterocycles. The first-order chi connectivity index (χ1) is 13.5. The molecule has 0 aliphatic carbocycles. The van der Waals surface area contributed by atoms with Crippen LogP contribution in [0.15, 0.2) is 43.2 Å². The van der Waals surface area contributed by atoms with Crippen LogP contribution in [0.3, 0.4) is 0 Å². The summed E-state index contributed by atoms with van der Waals surface area (Å²) in [6.45, 7) is 5.91. The molecule has 146 valence electrons. The van der Waals surface area contributed by atoms with E-state index in [4.69, 9.17) is 17.3 Å². The van der Waals surface area contributed by atoms with Crippen LogP contribution in [0, 0.1) is 0 Å². The zero-order valence-corrected chi connectivity index (χ0v) is 16.2. The molecule has 0 radical (unpaired) electrons. The Morgan fingerprint density at radius 3 is 2.43 bits per heavy atom. The number of fused-ring (bicyclic) bond motifs is 1. The highest BCUT2D eigenvalue weighted by Crippen LogP contribution is 2.29. The number of aromatic nitrogens is 2. The van der Waals surface area contributed by atoms with Gasteiger partial charge in [-0.1, -0.05) is 18.2 Å². The maximum Gasteiger partial charge on any atom is 0.253 e. The van der Waals surface area contributed by atoms with Crippen LogP contribution in [0.5, 0.6) is 0 Å². The summed E-state index contributed by atoms with van der Waals surface area (Å²) >= 11 is 5.43. The van der Waals surface area contributed by atoms with Gasteiger partial charge in [-0.2, -0.15) is 0 Å². The van der Waals surface area contributed by atoms with Gasteiger partial charge in [-0.3, -0.25) is 9.59 Å². The highest BCUT2D eigenvalue weighted by molar-refractivity contribution is 6.30. The van der Waals surface area contributed by atoms with E-state index in [1.165, 1.54) is 18.5 Å². The molecule has 3 heterocycles. The molecule has 0 bridgehead atoms. The summed E-state index contributed by atoms with van der Waals surface area (Å²) in [7, 11) is 0. The van der Waals surface area contributed by atoms with Crippen molar-refractivity contribution in [2.45, 2.75) is 19.3 Å². The van der Waals surface area contributed by atoms with Crippen LogP contribution >= 0.6 is 11.6 Å². The van der Waals surface area contributed by atoms with E-state index >= 15 is 0 Å². The Morgan fingerprint density at radius 2 is 1.82 bits per heavy atom. The van der Waals surface area contributed by atoms with Crippen LogP contribution in [0.4, 0.5) is 11.6 Å². The largest absolute Gasteiger partial charge is 0.368 e. The number of carbonyl (C=O) groups is 2. The summed E-state index contributed by atoms with van der Waals surface area (Å²) in [5.41, 5.74) is 7.86. The topological polar surface area (TPSA) is 92.4 Å². The minimum absolute atomic E-state index is 0.0811. The number of hydrogen-bond donors (Lipinski definition) is 1. The second-order valence-corrected chi connectivity index (χ2v) is 6.98. The van der Waals surface area contributed by atoms with E-state index in [1.54, 1.807) is 4.90 Å². The van der Waals surface area contributed by atoms with Crippen molar-refractivity contribution in [2.75, 3.05) is 30.3 Å². The fourth-order valence-corrected chi connectivity index (χ4v) is 3.40. The average molecular weight is 400 g/mol. The first kappa shape index (κ1) is 19.8. The lowest BCUT2D eigenvalue weighted by Gasteiger charge is -2.17. The molecule has 0 spiro atoms. The number of nitrogens with two attached hydrogens (primary N) is 1. The molecule has 2 aromatic rings. The molecule has 1 saturated heterocycles. The first-order valence-electron chi connectivity index (χ1n) is 9.08. The number of carbonyl (C=O) groups excluding carboxylic acids is 2. The van der Waals surface area contributed by atoms with Gasteiger partial charge in [0.25, 0.3) is 5.91 Å². The molecule has 2 aliphatic rings. The minimum Gasteiger partial charge on any atom is -0.368 e. The third-order valence-corrected chi connectivity index (χ3v) is 4.89. The lowest BCUT2D eigenvalue weighted by atomic mass is 10.1. The molecule has 0 unspecified atom stereocenters. The van der Waals surface area contributed by atoms with Crippen LogP contribution < -0.4 is 10.6 Å². The second-order valence-electron chi connectivity index (χ2n) is 6.55. The normalized spacial score (nSPS) is 14.9. The van der Waals surface area contributed by atoms with Gasteiger partial charge in [-0.15, -0.1) is 0 Å². The molecule has 7 nitrogen and oxygen atoms in total. The number of anilines is 2. The van der Waals surface area contributed by atoms with E-state index in [2.05, 4.69) is 16.5 Å². The molecule has 8 heteroatoms. The monoisotopic (exact) mass is 399 g/mol. The molecule has 1 aromatic carbocycles. The zero-order valence-electron chi connectivity index (χ0n) is 15.5. The van der Waals surface area contributed by atoms with Gasteiger partial charge < -0.3 is 15.5 Å². The summed E-state index contributed by atoms with van der Waals surface area (Å²) in [6, 6.07) is 5.65. The summed E-state index contributed by atoms with van der Waals surface area (Å²) in [5, 5.41) is 0.499. The average Bonchev–Trinajstić information content (AvgIpc) is 3.39. The summed E-state index contributed by atoms with van der Waals surface area (Å²) in [6.07, 6.45) is 7.22. The van der Waals surface area contributed by atoms with E-state index in [0.717, 1.165) is 49.2 Å². The predicted molar refractivity (Wildman–Crippen MR) is 109 cm³/mol. The van der Waals surface area contributed by atoms with Crippen molar-refractivity contribution >= 4 is 35.1 Å². The van der Waals surface area contributed by atoms with Gasteiger partial charge in [0.05, 0.1) is 17.4 Å². The molecule has 1 fully saturated rings. The van der Waals surface area contributed by atoms with E-state index < -0.39 is 0 Å². The van der Waals surface area contributed by atoms with Crippen molar-refractivity contribution in [1.29, 1.82) is 0 Å². The van der Waals surface area contributed by atoms with Gasteiger partial charge in [-0.05, 0) is 49.1 Å². The predicted octanol–water partition coefficient (Wildman–Crippen LogP) is 2.71. The lowest BCUT2D eigenvalue weighted by molar-refractivity contribution is -0.114. The maximum absolute atomic E-state index is 12.3. The molecular weight excluding hydrogens is 378 g/mol. The van der Waals surface area contributed by atoms with Gasteiger partial charge in [-0.25, -0.2) is 9.97 Å².